The Morgan fingerprint density at radius 3 is 1.67 bits per heavy atom. The second-order valence-corrected chi connectivity index (χ2v) is 5.93. The summed E-state index contributed by atoms with van der Waals surface area (Å²) in [5.74, 6) is -0.123. The SMILES string of the molecule is CCCCCCOCCOCCOCCOC(=O)CCCCCC. The molecule has 0 fully saturated rings. The van der Waals surface area contributed by atoms with E-state index in [1.165, 1.54) is 32.1 Å². The molecule has 0 radical (unpaired) electrons. The number of carbonyl (C=O) groups excluding carboxylic acids is 1. The molecule has 0 bridgehead atoms. The highest BCUT2D eigenvalue weighted by atomic mass is 16.6. The molecule has 0 aromatic carbocycles. The maximum Gasteiger partial charge on any atom is 0.305 e. The Kier molecular flexibility index (Phi) is 19.8. The van der Waals surface area contributed by atoms with Crippen LogP contribution in [-0.2, 0) is 23.7 Å². The summed E-state index contributed by atoms with van der Waals surface area (Å²) in [6, 6.07) is 0. The van der Waals surface area contributed by atoms with Gasteiger partial charge in [-0.15, -0.1) is 0 Å². The summed E-state index contributed by atoms with van der Waals surface area (Å²) in [5.41, 5.74) is 0. The minimum Gasteiger partial charge on any atom is -0.463 e. The van der Waals surface area contributed by atoms with Gasteiger partial charge in [0.25, 0.3) is 0 Å². The van der Waals surface area contributed by atoms with E-state index in [0.717, 1.165) is 25.9 Å². The van der Waals surface area contributed by atoms with Gasteiger partial charge in [0.05, 0.1) is 33.0 Å². The van der Waals surface area contributed by atoms with Crippen molar-refractivity contribution >= 4 is 5.97 Å². The van der Waals surface area contributed by atoms with Crippen molar-refractivity contribution in [3.8, 4) is 0 Å². The first-order chi connectivity index (χ1) is 11.8. The highest BCUT2D eigenvalue weighted by Crippen LogP contribution is 2.03. The van der Waals surface area contributed by atoms with E-state index in [1.54, 1.807) is 0 Å². The third kappa shape index (κ3) is 19.4. The number of hydrogen-bond donors (Lipinski definition) is 0. The van der Waals surface area contributed by atoms with E-state index in [1.807, 2.05) is 0 Å². The number of carbonyl (C=O) groups is 1. The van der Waals surface area contributed by atoms with Gasteiger partial charge in [-0.25, -0.2) is 0 Å². The van der Waals surface area contributed by atoms with Gasteiger partial charge in [0.15, 0.2) is 0 Å². The number of esters is 1. The van der Waals surface area contributed by atoms with Crippen LogP contribution in [0.5, 0.6) is 0 Å². The Morgan fingerprint density at radius 2 is 1.08 bits per heavy atom. The van der Waals surface area contributed by atoms with Crippen molar-refractivity contribution in [2.75, 3.05) is 46.2 Å². The summed E-state index contributed by atoms with van der Waals surface area (Å²) in [6.45, 7) is 8.24. The van der Waals surface area contributed by atoms with Gasteiger partial charge in [-0.3, -0.25) is 4.79 Å². The van der Waals surface area contributed by atoms with Crippen LogP contribution < -0.4 is 0 Å². The Morgan fingerprint density at radius 1 is 0.583 bits per heavy atom. The molecular weight excluding hydrogens is 308 g/mol. The summed E-state index contributed by atoms with van der Waals surface area (Å²) in [4.78, 5) is 11.4. The third-order valence-corrected chi connectivity index (χ3v) is 3.61. The molecule has 0 aromatic heterocycles. The number of rotatable bonds is 19. The summed E-state index contributed by atoms with van der Waals surface area (Å²) in [6.07, 6.45) is 9.80. The van der Waals surface area contributed by atoms with Crippen molar-refractivity contribution < 1.29 is 23.7 Å². The summed E-state index contributed by atoms with van der Waals surface area (Å²) in [5, 5.41) is 0. The topological polar surface area (TPSA) is 54.0 Å². The average Bonchev–Trinajstić information content (AvgIpc) is 2.59. The average molecular weight is 347 g/mol. The van der Waals surface area contributed by atoms with Crippen LogP contribution >= 0.6 is 0 Å². The molecule has 0 saturated carbocycles. The molecule has 0 heterocycles. The lowest BCUT2D eigenvalue weighted by atomic mass is 10.2. The lowest BCUT2D eigenvalue weighted by Gasteiger charge is -2.07. The minimum absolute atomic E-state index is 0.123. The van der Waals surface area contributed by atoms with E-state index in [4.69, 9.17) is 18.9 Å². The molecule has 0 unspecified atom stereocenters. The first-order valence-electron chi connectivity index (χ1n) is 9.70. The monoisotopic (exact) mass is 346 g/mol. The van der Waals surface area contributed by atoms with E-state index >= 15 is 0 Å². The summed E-state index contributed by atoms with van der Waals surface area (Å²) in [7, 11) is 0. The zero-order valence-corrected chi connectivity index (χ0v) is 15.9. The molecule has 0 aliphatic rings. The van der Waals surface area contributed by atoms with Crippen LogP contribution in [0, 0.1) is 0 Å². The largest absolute Gasteiger partial charge is 0.463 e. The molecule has 0 spiro atoms. The standard InChI is InChI=1S/C19H38O5/c1-3-5-7-9-11-19(20)24-18-17-23-16-15-22-14-13-21-12-10-8-6-4-2/h3-18H2,1-2H3. The van der Waals surface area contributed by atoms with Gasteiger partial charge in [-0.2, -0.15) is 0 Å². The van der Waals surface area contributed by atoms with Gasteiger partial charge in [-0.05, 0) is 12.8 Å². The van der Waals surface area contributed by atoms with E-state index in [9.17, 15) is 4.79 Å². The van der Waals surface area contributed by atoms with Crippen molar-refractivity contribution in [1.29, 1.82) is 0 Å². The highest BCUT2D eigenvalue weighted by Gasteiger charge is 2.02. The van der Waals surface area contributed by atoms with Gasteiger partial charge < -0.3 is 18.9 Å². The van der Waals surface area contributed by atoms with Gasteiger partial charge in [-0.1, -0.05) is 52.4 Å². The first kappa shape index (κ1) is 23.4. The Labute approximate surface area is 148 Å². The van der Waals surface area contributed by atoms with Crippen molar-refractivity contribution in [3.05, 3.63) is 0 Å². The van der Waals surface area contributed by atoms with Crippen LogP contribution in [0.15, 0.2) is 0 Å². The Bertz CT molecular complexity index is 258. The van der Waals surface area contributed by atoms with Gasteiger partial charge in [0.2, 0.25) is 0 Å². The smallest absolute Gasteiger partial charge is 0.305 e. The van der Waals surface area contributed by atoms with Crippen LogP contribution in [-0.4, -0.2) is 52.2 Å². The molecule has 24 heavy (non-hydrogen) atoms. The molecule has 0 rings (SSSR count). The normalized spacial score (nSPS) is 10.9. The predicted octanol–water partition coefficient (Wildman–Crippen LogP) is 4.13. The Balaban J connectivity index is 3.08. The van der Waals surface area contributed by atoms with E-state index in [-0.39, 0.29) is 5.97 Å². The molecular formula is C19H38O5. The third-order valence-electron chi connectivity index (χ3n) is 3.61. The van der Waals surface area contributed by atoms with E-state index < -0.39 is 0 Å². The maximum absolute atomic E-state index is 11.4. The second kappa shape index (κ2) is 20.4. The van der Waals surface area contributed by atoms with Gasteiger partial charge in [0.1, 0.15) is 6.61 Å². The van der Waals surface area contributed by atoms with Crippen LogP contribution in [0.25, 0.3) is 0 Å². The zero-order valence-electron chi connectivity index (χ0n) is 15.9. The van der Waals surface area contributed by atoms with Crippen LogP contribution in [0.2, 0.25) is 0 Å². The fourth-order valence-electron chi connectivity index (χ4n) is 2.16. The molecule has 0 amide bonds. The highest BCUT2D eigenvalue weighted by molar-refractivity contribution is 5.69. The van der Waals surface area contributed by atoms with Crippen LogP contribution in [0.3, 0.4) is 0 Å². The Hall–Kier alpha value is -0.650. The molecule has 0 aliphatic heterocycles. The van der Waals surface area contributed by atoms with Crippen molar-refractivity contribution in [1.82, 2.24) is 0 Å². The molecule has 144 valence electrons. The van der Waals surface area contributed by atoms with Crippen LogP contribution in [0.1, 0.15) is 71.6 Å². The van der Waals surface area contributed by atoms with Crippen molar-refractivity contribution in [2.45, 2.75) is 71.6 Å². The molecule has 0 N–H and O–H groups in total. The number of ether oxygens (including phenoxy) is 4. The van der Waals surface area contributed by atoms with Crippen molar-refractivity contribution in [3.63, 3.8) is 0 Å². The van der Waals surface area contributed by atoms with Crippen molar-refractivity contribution in [2.24, 2.45) is 0 Å². The lowest BCUT2D eigenvalue weighted by Crippen LogP contribution is -2.14. The quantitative estimate of drug-likeness (QED) is 0.260. The molecule has 0 aromatic rings. The lowest BCUT2D eigenvalue weighted by molar-refractivity contribution is -0.145. The number of unbranched alkanes of at least 4 members (excludes halogenated alkanes) is 6. The van der Waals surface area contributed by atoms with E-state index in [2.05, 4.69) is 13.8 Å². The minimum atomic E-state index is -0.123. The molecule has 0 atom stereocenters. The zero-order chi connectivity index (χ0) is 17.7. The summed E-state index contributed by atoms with van der Waals surface area (Å²) >= 11 is 0. The molecule has 5 nitrogen and oxygen atoms in total. The second-order valence-electron chi connectivity index (χ2n) is 5.93. The number of hydrogen-bond acceptors (Lipinski definition) is 5. The maximum atomic E-state index is 11.4. The molecule has 0 saturated heterocycles. The van der Waals surface area contributed by atoms with Gasteiger partial charge in [0, 0.05) is 13.0 Å². The van der Waals surface area contributed by atoms with Gasteiger partial charge >= 0.3 is 5.97 Å². The predicted molar refractivity (Wildman–Crippen MR) is 96.3 cm³/mol. The first-order valence-corrected chi connectivity index (χ1v) is 9.70. The molecule has 0 aliphatic carbocycles. The molecule has 5 heteroatoms. The van der Waals surface area contributed by atoms with E-state index in [0.29, 0.717) is 46.1 Å². The summed E-state index contributed by atoms with van der Waals surface area (Å²) < 4.78 is 21.3. The fourth-order valence-corrected chi connectivity index (χ4v) is 2.16. The van der Waals surface area contributed by atoms with Crippen LogP contribution in [0.4, 0.5) is 0 Å². The fraction of sp³-hybridized carbons (Fsp3) is 0.947.